The monoisotopic (exact) mass is 482 g/mol. The number of imidazole rings is 1. The van der Waals surface area contributed by atoms with Gasteiger partial charge in [0, 0.05) is 26.6 Å². The van der Waals surface area contributed by atoms with Crippen LogP contribution in [0.3, 0.4) is 0 Å². The maximum atomic E-state index is 13.4. The van der Waals surface area contributed by atoms with Crippen LogP contribution in [0.15, 0.2) is 78.9 Å². The van der Waals surface area contributed by atoms with Crippen LogP contribution >= 0.6 is 0 Å². The van der Waals surface area contributed by atoms with Crippen molar-refractivity contribution < 1.29 is 14.7 Å². The van der Waals surface area contributed by atoms with Gasteiger partial charge in [0.1, 0.15) is 11.6 Å². The number of carbonyl (C=O) groups is 2. The van der Waals surface area contributed by atoms with Crippen molar-refractivity contribution in [1.29, 1.82) is 0 Å². The van der Waals surface area contributed by atoms with E-state index in [0.29, 0.717) is 25.9 Å². The Morgan fingerprint density at radius 3 is 2.50 bits per heavy atom. The molecule has 2 N–H and O–H groups in total. The summed E-state index contributed by atoms with van der Waals surface area (Å²) in [5.74, 6) is 0.491. The molecule has 2 heterocycles. The van der Waals surface area contributed by atoms with Crippen LogP contribution in [0.4, 0.5) is 0 Å². The number of hydrogen-bond acceptors (Lipinski definition) is 4. The minimum atomic E-state index is -0.398. The van der Waals surface area contributed by atoms with Crippen molar-refractivity contribution in [3.8, 4) is 5.75 Å². The standard InChI is InChI=1S/C29H30N4O3/c1-32-26-10-6-5-9-24(26)30-28(32)25(17-21-7-3-2-4-8-21)31-29(36)22-18-27(35)33(19-22)16-15-20-11-13-23(34)14-12-20/h2-14,22,25,34H,15-19H2,1H3,(H,31,36)/t22-,25+/m1/s1. The largest absolute Gasteiger partial charge is 0.508 e. The molecule has 0 saturated carbocycles. The summed E-state index contributed by atoms with van der Waals surface area (Å²) in [6.07, 6.45) is 1.49. The molecule has 2 amide bonds. The van der Waals surface area contributed by atoms with Crippen LogP contribution in [0, 0.1) is 5.92 Å². The molecular formula is C29H30N4O3. The second-order valence-electron chi connectivity index (χ2n) is 9.43. The Labute approximate surface area is 210 Å². The SMILES string of the molecule is Cn1c([C@H](Cc2ccccc2)NC(=O)[C@@H]2CC(=O)N(CCc3ccc(O)cc3)C2)nc2ccccc21. The van der Waals surface area contributed by atoms with Crippen molar-refractivity contribution in [2.75, 3.05) is 13.1 Å². The molecule has 0 aliphatic carbocycles. The fraction of sp³-hybridized carbons (Fsp3) is 0.276. The predicted octanol–water partition coefficient (Wildman–Crippen LogP) is 3.77. The van der Waals surface area contributed by atoms with Gasteiger partial charge in [-0.2, -0.15) is 0 Å². The number of aromatic nitrogens is 2. The highest BCUT2D eigenvalue weighted by atomic mass is 16.3. The third-order valence-corrected chi connectivity index (χ3v) is 6.92. The number of carbonyl (C=O) groups excluding carboxylic acids is 2. The molecule has 7 heteroatoms. The number of rotatable bonds is 8. The van der Waals surface area contributed by atoms with Crippen LogP contribution < -0.4 is 5.32 Å². The Kier molecular flexibility index (Phi) is 6.71. The lowest BCUT2D eigenvalue weighted by Gasteiger charge is -2.21. The second-order valence-corrected chi connectivity index (χ2v) is 9.43. The van der Waals surface area contributed by atoms with Crippen LogP contribution in [-0.4, -0.2) is 44.5 Å². The van der Waals surface area contributed by atoms with Crippen LogP contribution in [0.25, 0.3) is 11.0 Å². The van der Waals surface area contributed by atoms with Gasteiger partial charge >= 0.3 is 0 Å². The van der Waals surface area contributed by atoms with E-state index in [4.69, 9.17) is 4.98 Å². The highest BCUT2D eigenvalue weighted by Gasteiger charge is 2.35. The lowest BCUT2D eigenvalue weighted by molar-refractivity contribution is -0.129. The number of fused-ring (bicyclic) bond motifs is 1. The number of benzene rings is 3. The van der Waals surface area contributed by atoms with Gasteiger partial charge in [-0.05, 0) is 48.2 Å². The molecule has 1 aromatic heterocycles. The average molecular weight is 483 g/mol. The van der Waals surface area contributed by atoms with E-state index in [1.165, 1.54) is 0 Å². The number of aromatic hydroxyl groups is 1. The Bertz CT molecular complexity index is 1360. The minimum absolute atomic E-state index is 0.00346. The first-order valence-corrected chi connectivity index (χ1v) is 12.3. The summed E-state index contributed by atoms with van der Waals surface area (Å²) in [6, 6.07) is 24.7. The van der Waals surface area contributed by atoms with Gasteiger partial charge in [-0.25, -0.2) is 4.98 Å². The Balaban J connectivity index is 1.30. The Morgan fingerprint density at radius 1 is 1.03 bits per heavy atom. The lowest BCUT2D eigenvalue weighted by Crippen LogP contribution is -2.37. The summed E-state index contributed by atoms with van der Waals surface area (Å²) < 4.78 is 2.03. The summed E-state index contributed by atoms with van der Waals surface area (Å²) in [7, 11) is 1.97. The van der Waals surface area contributed by atoms with Crippen LogP contribution in [0.5, 0.6) is 5.75 Å². The zero-order chi connectivity index (χ0) is 25.1. The zero-order valence-electron chi connectivity index (χ0n) is 20.3. The Hall–Kier alpha value is -4.13. The normalized spacial score (nSPS) is 16.4. The first-order valence-electron chi connectivity index (χ1n) is 12.3. The van der Waals surface area contributed by atoms with Gasteiger partial charge in [0.25, 0.3) is 0 Å². The first-order chi connectivity index (χ1) is 17.5. The lowest BCUT2D eigenvalue weighted by atomic mass is 10.0. The number of nitrogens with zero attached hydrogens (tertiary/aromatic N) is 3. The van der Waals surface area contributed by atoms with E-state index >= 15 is 0 Å². The number of amides is 2. The molecule has 7 nitrogen and oxygen atoms in total. The summed E-state index contributed by atoms with van der Waals surface area (Å²) in [5, 5.41) is 12.7. The number of para-hydroxylation sites is 2. The topological polar surface area (TPSA) is 87.5 Å². The minimum Gasteiger partial charge on any atom is -0.508 e. The molecule has 1 saturated heterocycles. The molecule has 0 spiro atoms. The molecule has 36 heavy (non-hydrogen) atoms. The smallest absolute Gasteiger partial charge is 0.226 e. The highest BCUT2D eigenvalue weighted by Crippen LogP contribution is 2.25. The molecule has 1 aliphatic heterocycles. The van der Waals surface area contributed by atoms with E-state index in [2.05, 4.69) is 5.32 Å². The molecule has 1 fully saturated rings. The number of phenolic OH excluding ortho intramolecular Hbond substituents is 1. The van der Waals surface area contributed by atoms with Crippen molar-refractivity contribution in [1.82, 2.24) is 19.8 Å². The van der Waals surface area contributed by atoms with Crippen molar-refractivity contribution in [3.05, 3.63) is 95.8 Å². The molecular weight excluding hydrogens is 452 g/mol. The summed E-state index contributed by atoms with van der Waals surface area (Å²) in [5.41, 5.74) is 4.04. The van der Waals surface area contributed by atoms with Gasteiger partial charge < -0.3 is 19.9 Å². The first kappa shape index (κ1) is 23.6. The van der Waals surface area contributed by atoms with Gasteiger partial charge in [0.05, 0.1) is 23.0 Å². The van der Waals surface area contributed by atoms with Gasteiger partial charge in [-0.3, -0.25) is 9.59 Å². The highest BCUT2D eigenvalue weighted by molar-refractivity contribution is 5.89. The molecule has 1 aliphatic rings. The van der Waals surface area contributed by atoms with Gasteiger partial charge in [0.15, 0.2) is 0 Å². The molecule has 4 aromatic rings. The predicted molar refractivity (Wildman–Crippen MR) is 138 cm³/mol. The van der Waals surface area contributed by atoms with Gasteiger partial charge in [0.2, 0.25) is 11.8 Å². The fourth-order valence-electron chi connectivity index (χ4n) is 4.91. The van der Waals surface area contributed by atoms with Crippen LogP contribution in [0.2, 0.25) is 0 Å². The molecule has 0 unspecified atom stereocenters. The fourth-order valence-corrected chi connectivity index (χ4v) is 4.91. The molecule has 2 atom stereocenters. The Morgan fingerprint density at radius 2 is 1.75 bits per heavy atom. The molecule has 0 radical (unpaired) electrons. The zero-order valence-corrected chi connectivity index (χ0v) is 20.3. The number of hydrogen-bond donors (Lipinski definition) is 2. The van der Waals surface area contributed by atoms with Crippen molar-refractivity contribution >= 4 is 22.8 Å². The van der Waals surface area contributed by atoms with Crippen LogP contribution in [0.1, 0.15) is 29.4 Å². The van der Waals surface area contributed by atoms with E-state index < -0.39 is 5.92 Å². The third-order valence-electron chi connectivity index (χ3n) is 6.92. The average Bonchev–Trinajstić information content (AvgIpc) is 3.43. The van der Waals surface area contributed by atoms with E-state index in [1.807, 2.05) is 78.3 Å². The summed E-state index contributed by atoms with van der Waals surface area (Å²) in [4.78, 5) is 32.7. The second kappa shape index (κ2) is 10.2. The third kappa shape index (κ3) is 5.10. The number of phenols is 1. The van der Waals surface area contributed by atoms with E-state index in [-0.39, 0.29) is 30.0 Å². The van der Waals surface area contributed by atoms with Crippen molar-refractivity contribution in [3.63, 3.8) is 0 Å². The number of nitrogens with one attached hydrogen (secondary N) is 1. The number of aryl methyl sites for hydroxylation is 1. The van der Waals surface area contributed by atoms with Crippen LogP contribution in [-0.2, 0) is 29.5 Å². The number of likely N-dealkylation sites (tertiary alicyclic amines) is 1. The van der Waals surface area contributed by atoms with Crippen molar-refractivity contribution in [2.24, 2.45) is 13.0 Å². The maximum absolute atomic E-state index is 13.4. The quantitative estimate of drug-likeness (QED) is 0.400. The van der Waals surface area contributed by atoms with Gasteiger partial charge in [-0.1, -0.05) is 54.6 Å². The summed E-state index contributed by atoms with van der Waals surface area (Å²) in [6.45, 7) is 0.953. The van der Waals surface area contributed by atoms with E-state index in [1.54, 1.807) is 17.0 Å². The molecule has 184 valence electrons. The molecule has 3 aromatic carbocycles. The van der Waals surface area contributed by atoms with Crippen molar-refractivity contribution in [2.45, 2.75) is 25.3 Å². The van der Waals surface area contributed by atoms with E-state index in [9.17, 15) is 14.7 Å². The molecule has 0 bridgehead atoms. The summed E-state index contributed by atoms with van der Waals surface area (Å²) >= 11 is 0. The maximum Gasteiger partial charge on any atom is 0.226 e. The van der Waals surface area contributed by atoms with E-state index in [0.717, 1.165) is 28.0 Å². The van der Waals surface area contributed by atoms with Gasteiger partial charge in [-0.15, -0.1) is 0 Å². The molecule has 5 rings (SSSR count).